The third-order valence-electron chi connectivity index (χ3n) is 1.95. The summed E-state index contributed by atoms with van der Waals surface area (Å²) < 4.78 is 0. The number of carbonyl (C=O) groups excluding carboxylic acids is 1. The third-order valence-corrected chi connectivity index (χ3v) is 1.95. The summed E-state index contributed by atoms with van der Waals surface area (Å²) in [6.45, 7) is 1.37. The van der Waals surface area contributed by atoms with E-state index in [1.165, 1.54) is 6.92 Å². The second-order valence-corrected chi connectivity index (χ2v) is 2.99. The number of hydrogen-bond acceptors (Lipinski definition) is 3. The molecule has 13 heavy (non-hydrogen) atoms. The summed E-state index contributed by atoms with van der Waals surface area (Å²) in [5, 5.41) is 9.61. The van der Waals surface area contributed by atoms with Crippen LogP contribution in [-0.2, 0) is 4.79 Å². The van der Waals surface area contributed by atoms with E-state index in [4.69, 9.17) is 5.73 Å². The van der Waals surface area contributed by atoms with E-state index in [2.05, 4.69) is 0 Å². The maximum atomic E-state index is 10.9. The summed E-state index contributed by atoms with van der Waals surface area (Å²) in [4.78, 5) is 10.9. The monoisotopic (exact) mass is 179 g/mol. The number of benzene rings is 1. The Morgan fingerprint density at radius 1 is 1.38 bits per heavy atom. The molecule has 0 aromatic heterocycles. The molecule has 2 atom stereocenters. The van der Waals surface area contributed by atoms with Gasteiger partial charge in [-0.3, -0.25) is 4.79 Å². The van der Waals surface area contributed by atoms with Gasteiger partial charge in [0.2, 0.25) is 0 Å². The molecule has 70 valence electrons. The van der Waals surface area contributed by atoms with Crippen molar-refractivity contribution >= 4 is 5.78 Å². The van der Waals surface area contributed by atoms with E-state index in [-0.39, 0.29) is 5.78 Å². The van der Waals surface area contributed by atoms with Crippen molar-refractivity contribution in [2.45, 2.75) is 19.1 Å². The van der Waals surface area contributed by atoms with Crippen LogP contribution in [0.5, 0.6) is 0 Å². The van der Waals surface area contributed by atoms with Gasteiger partial charge in [-0.15, -0.1) is 0 Å². The fraction of sp³-hybridized carbons (Fsp3) is 0.300. The lowest BCUT2D eigenvalue weighted by Crippen LogP contribution is -2.35. The zero-order valence-electron chi connectivity index (χ0n) is 7.47. The van der Waals surface area contributed by atoms with Crippen molar-refractivity contribution in [3.63, 3.8) is 0 Å². The molecule has 0 bridgehead atoms. The molecule has 3 nitrogen and oxygen atoms in total. The van der Waals surface area contributed by atoms with Crippen LogP contribution in [0.25, 0.3) is 0 Å². The van der Waals surface area contributed by atoms with Crippen molar-refractivity contribution in [2.24, 2.45) is 5.73 Å². The Kier molecular flexibility index (Phi) is 3.17. The summed E-state index contributed by atoms with van der Waals surface area (Å²) in [5.41, 5.74) is 6.16. The summed E-state index contributed by atoms with van der Waals surface area (Å²) in [7, 11) is 0. The number of rotatable bonds is 3. The maximum Gasteiger partial charge on any atom is 0.149 e. The minimum absolute atomic E-state index is 0.212. The first-order valence-corrected chi connectivity index (χ1v) is 4.12. The van der Waals surface area contributed by atoms with Crippen molar-refractivity contribution in [3.05, 3.63) is 35.9 Å². The highest BCUT2D eigenvalue weighted by atomic mass is 16.3. The van der Waals surface area contributed by atoms with Crippen LogP contribution in [-0.4, -0.2) is 16.9 Å². The minimum atomic E-state index is -0.904. The molecule has 0 radical (unpaired) electrons. The van der Waals surface area contributed by atoms with Gasteiger partial charge in [0.05, 0.1) is 6.04 Å². The van der Waals surface area contributed by atoms with Crippen LogP contribution in [0, 0.1) is 0 Å². The Balaban J connectivity index is 2.79. The average molecular weight is 179 g/mol. The number of aliphatic hydroxyl groups excluding tert-OH is 1. The van der Waals surface area contributed by atoms with Gasteiger partial charge in [0.25, 0.3) is 0 Å². The van der Waals surface area contributed by atoms with E-state index < -0.39 is 12.1 Å². The van der Waals surface area contributed by atoms with Crippen molar-refractivity contribution in [2.75, 3.05) is 0 Å². The van der Waals surface area contributed by atoms with Crippen molar-refractivity contribution in [1.82, 2.24) is 0 Å². The maximum absolute atomic E-state index is 10.9. The molecule has 1 aromatic carbocycles. The summed E-state index contributed by atoms with van der Waals surface area (Å²) in [6, 6.07) is 8.09. The van der Waals surface area contributed by atoms with Gasteiger partial charge >= 0.3 is 0 Å². The average Bonchev–Trinajstić information content (AvgIpc) is 2.17. The Morgan fingerprint density at radius 3 is 2.38 bits per heavy atom. The van der Waals surface area contributed by atoms with E-state index in [0.717, 1.165) is 0 Å². The molecule has 1 unspecified atom stereocenters. The van der Waals surface area contributed by atoms with E-state index in [1.54, 1.807) is 24.3 Å². The second kappa shape index (κ2) is 4.16. The molecule has 0 heterocycles. The molecule has 3 heteroatoms. The molecule has 0 aliphatic rings. The Hall–Kier alpha value is -1.19. The van der Waals surface area contributed by atoms with E-state index in [0.29, 0.717) is 5.56 Å². The number of aliphatic hydroxyl groups is 1. The Labute approximate surface area is 77.2 Å². The van der Waals surface area contributed by atoms with Crippen molar-refractivity contribution in [1.29, 1.82) is 0 Å². The molecule has 0 spiro atoms. The number of hydrogen-bond donors (Lipinski definition) is 2. The van der Waals surface area contributed by atoms with E-state index in [1.807, 2.05) is 6.07 Å². The number of Topliss-reactive ketones (excluding diaryl/α,β-unsaturated/α-hetero) is 1. The van der Waals surface area contributed by atoms with Gasteiger partial charge < -0.3 is 10.8 Å². The third kappa shape index (κ3) is 2.37. The molecule has 3 N–H and O–H groups in total. The fourth-order valence-corrected chi connectivity index (χ4v) is 1.08. The summed E-state index contributed by atoms with van der Waals surface area (Å²) in [6.07, 6.45) is -0.904. The lowest BCUT2D eigenvalue weighted by atomic mass is 10.0. The Morgan fingerprint density at radius 2 is 1.92 bits per heavy atom. The molecule has 1 aromatic rings. The van der Waals surface area contributed by atoms with Crippen LogP contribution in [0.15, 0.2) is 30.3 Å². The second-order valence-electron chi connectivity index (χ2n) is 2.99. The first kappa shape index (κ1) is 9.89. The van der Waals surface area contributed by atoms with Gasteiger partial charge in [0, 0.05) is 0 Å². The quantitative estimate of drug-likeness (QED) is 0.715. The zero-order chi connectivity index (χ0) is 9.84. The molecule has 0 saturated carbocycles. The predicted molar refractivity (Wildman–Crippen MR) is 50.1 cm³/mol. The summed E-state index contributed by atoms with van der Waals surface area (Å²) in [5.74, 6) is -0.212. The molecule has 0 aliphatic carbocycles. The van der Waals surface area contributed by atoms with Crippen molar-refractivity contribution < 1.29 is 9.90 Å². The largest absolute Gasteiger partial charge is 0.386 e. The predicted octanol–water partition coefficient (Wildman–Crippen LogP) is 0.636. The van der Waals surface area contributed by atoms with Crippen LogP contribution in [0.1, 0.15) is 18.6 Å². The highest BCUT2D eigenvalue weighted by molar-refractivity contribution is 5.82. The summed E-state index contributed by atoms with van der Waals surface area (Å²) >= 11 is 0. The molecule has 0 saturated heterocycles. The van der Waals surface area contributed by atoms with E-state index >= 15 is 0 Å². The lowest BCUT2D eigenvalue weighted by Gasteiger charge is -2.15. The number of carbonyl (C=O) groups is 1. The van der Waals surface area contributed by atoms with Gasteiger partial charge in [-0.25, -0.2) is 0 Å². The van der Waals surface area contributed by atoms with Gasteiger partial charge in [0.1, 0.15) is 11.9 Å². The van der Waals surface area contributed by atoms with Crippen LogP contribution >= 0.6 is 0 Å². The van der Waals surface area contributed by atoms with Gasteiger partial charge in [-0.05, 0) is 12.5 Å². The number of ketones is 1. The zero-order valence-corrected chi connectivity index (χ0v) is 7.47. The smallest absolute Gasteiger partial charge is 0.149 e. The highest BCUT2D eigenvalue weighted by Gasteiger charge is 2.20. The lowest BCUT2D eigenvalue weighted by molar-refractivity contribution is -0.120. The molecular weight excluding hydrogens is 166 g/mol. The SMILES string of the molecule is CC(=O)[C@@H](N)C(O)c1ccccc1. The molecule has 0 fully saturated rings. The topological polar surface area (TPSA) is 63.3 Å². The van der Waals surface area contributed by atoms with Gasteiger partial charge in [0.15, 0.2) is 0 Å². The highest BCUT2D eigenvalue weighted by Crippen LogP contribution is 2.15. The molecule has 0 aliphatic heterocycles. The molecule has 0 amide bonds. The van der Waals surface area contributed by atoms with Crippen LogP contribution in [0.4, 0.5) is 0 Å². The van der Waals surface area contributed by atoms with Gasteiger partial charge in [-0.2, -0.15) is 0 Å². The molecule has 1 rings (SSSR count). The van der Waals surface area contributed by atoms with Gasteiger partial charge in [-0.1, -0.05) is 30.3 Å². The first-order valence-electron chi connectivity index (χ1n) is 4.12. The first-order chi connectivity index (χ1) is 6.13. The van der Waals surface area contributed by atoms with Crippen LogP contribution < -0.4 is 5.73 Å². The normalized spacial score (nSPS) is 15.0. The molecular formula is C10H13NO2. The van der Waals surface area contributed by atoms with Crippen LogP contribution in [0.3, 0.4) is 0 Å². The fourth-order valence-electron chi connectivity index (χ4n) is 1.08. The standard InChI is InChI=1S/C10H13NO2/c1-7(12)9(11)10(13)8-5-3-2-4-6-8/h2-6,9-10,13H,11H2,1H3/t9-,10?/m1/s1. The van der Waals surface area contributed by atoms with Crippen LogP contribution in [0.2, 0.25) is 0 Å². The number of nitrogens with two attached hydrogens (primary N) is 1. The van der Waals surface area contributed by atoms with Crippen molar-refractivity contribution in [3.8, 4) is 0 Å². The Bertz CT molecular complexity index is 284. The van der Waals surface area contributed by atoms with E-state index in [9.17, 15) is 9.90 Å². The minimum Gasteiger partial charge on any atom is -0.386 e.